The van der Waals surface area contributed by atoms with Crippen molar-refractivity contribution < 1.29 is 8.85 Å². The first-order chi connectivity index (χ1) is 3.81. The van der Waals surface area contributed by atoms with Crippen molar-refractivity contribution in [3.8, 4) is 12.5 Å². The SMILES string of the molecule is C[Si](OC#N)OC#N. The Kier molecular flexibility index (Phi) is 3.37. The van der Waals surface area contributed by atoms with Crippen molar-refractivity contribution in [1.29, 1.82) is 10.5 Å². The first-order valence-corrected chi connectivity index (χ1v) is 3.58. The molecule has 0 aromatic carbocycles. The molecule has 8 heavy (non-hydrogen) atoms. The second kappa shape index (κ2) is 3.97. The summed E-state index contributed by atoms with van der Waals surface area (Å²) in [5.41, 5.74) is 0. The van der Waals surface area contributed by atoms with Gasteiger partial charge in [0.2, 0.25) is 0 Å². The standard InChI is InChI=1S/C3H3N2O2Si/c1-8(6-2-4)7-3-5/h1H3. The maximum Gasteiger partial charge on any atom is 0.549 e. The third-order valence-corrected chi connectivity index (χ3v) is 1.14. The van der Waals surface area contributed by atoms with Crippen molar-refractivity contribution in [3.63, 3.8) is 0 Å². The molecule has 5 heteroatoms. The van der Waals surface area contributed by atoms with Crippen molar-refractivity contribution in [2.45, 2.75) is 6.55 Å². The van der Waals surface area contributed by atoms with Gasteiger partial charge in [-0.15, -0.1) is 0 Å². The van der Waals surface area contributed by atoms with Crippen molar-refractivity contribution in [2.24, 2.45) is 0 Å². The van der Waals surface area contributed by atoms with Crippen LogP contribution in [0.1, 0.15) is 0 Å². The van der Waals surface area contributed by atoms with E-state index in [1.54, 1.807) is 6.55 Å². The fraction of sp³-hybridized carbons (Fsp3) is 0.333. The number of hydrogen-bond donors (Lipinski definition) is 0. The summed E-state index contributed by atoms with van der Waals surface area (Å²) >= 11 is 0. The second-order valence-electron chi connectivity index (χ2n) is 0.878. The highest BCUT2D eigenvalue weighted by molar-refractivity contribution is 6.43. The molecule has 0 N–H and O–H groups in total. The molecule has 0 bridgehead atoms. The van der Waals surface area contributed by atoms with Crippen LogP contribution in [0.4, 0.5) is 0 Å². The lowest BCUT2D eigenvalue weighted by Gasteiger charge is -1.94. The minimum Gasteiger partial charge on any atom is -0.440 e. The molecule has 0 aromatic heterocycles. The molecule has 1 radical (unpaired) electrons. The molecular weight excluding hydrogens is 124 g/mol. The van der Waals surface area contributed by atoms with Gasteiger partial charge in [-0.05, 0) is 0 Å². The van der Waals surface area contributed by atoms with Crippen LogP contribution in [0.15, 0.2) is 0 Å². The van der Waals surface area contributed by atoms with Gasteiger partial charge in [0.05, 0.1) is 0 Å². The third kappa shape index (κ3) is 3.01. The Balaban J connectivity index is 3.25. The van der Waals surface area contributed by atoms with Crippen LogP contribution in [0.25, 0.3) is 0 Å². The van der Waals surface area contributed by atoms with Crippen LogP contribution < -0.4 is 0 Å². The molecule has 0 aliphatic rings. The predicted octanol–water partition coefficient (Wildman–Crippen LogP) is 0.0998. The lowest BCUT2D eigenvalue weighted by Crippen LogP contribution is -2.11. The van der Waals surface area contributed by atoms with Crippen molar-refractivity contribution in [3.05, 3.63) is 0 Å². The minimum absolute atomic E-state index is 1.42. The molecule has 0 spiro atoms. The van der Waals surface area contributed by atoms with E-state index >= 15 is 0 Å². The van der Waals surface area contributed by atoms with Gasteiger partial charge in [0.1, 0.15) is 0 Å². The van der Waals surface area contributed by atoms with Crippen LogP contribution in [-0.2, 0) is 8.85 Å². The lowest BCUT2D eigenvalue weighted by molar-refractivity contribution is 0.376. The molecule has 0 aliphatic carbocycles. The van der Waals surface area contributed by atoms with E-state index in [0.717, 1.165) is 0 Å². The molecule has 0 unspecified atom stereocenters. The first kappa shape index (κ1) is 6.80. The van der Waals surface area contributed by atoms with Crippen LogP contribution >= 0.6 is 0 Å². The highest BCUT2D eigenvalue weighted by Crippen LogP contribution is 1.82. The second-order valence-corrected chi connectivity index (χ2v) is 2.27. The van der Waals surface area contributed by atoms with E-state index in [1.807, 2.05) is 0 Å². The van der Waals surface area contributed by atoms with E-state index in [0.29, 0.717) is 0 Å². The van der Waals surface area contributed by atoms with Gasteiger partial charge in [-0.25, -0.2) is 0 Å². The molecule has 0 amide bonds. The quantitative estimate of drug-likeness (QED) is 0.389. The van der Waals surface area contributed by atoms with E-state index in [9.17, 15) is 0 Å². The molecular formula is C3H3N2O2Si. The number of hydrogen-bond acceptors (Lipinski definition) is 4. The molecule has 0 saturated carbocycles. The molecule has 4 nitrogen and oxygen atoms in total. The Morgan fingerprint density at radius 2 is 1.62 bits per heavy atom. The maximum absolute atomic E-state index is 7.83. The fourth-order valence-electron chi connectivity index (χ4n) is 0.149. The van der Waals surface area contributed by atoms with Gasteiger partial charge in [-0.3, -0.25) is 0 Å². The molecule has 0 rings (SSSR count). The number of nitrogens with zero attached hydrogens (tertiary/aromatic N) is 2. The molecule has 0 aromatic rings. The first-order valence-electron chi connectivity index (χ1n) is 1.76. The zero-order valence-corrected chi connectivity index (χ0v) is 5.21. The van der Waals surface area contributed by atoms with Crippen molar-refractivity contribution in [1.82, 2.24) is 0 Å². The van der Waals surface area contributed by atoms with Gasteiger partial charge in [-0.2, -0.15) is 10.5 Å². The summed E-state index contributed by atoms with van der Waals surface area (Å²) in [6.45, 7) is 1.55. The summed E-state index contributed by atoms with van der Waals surface area (Å²) in [5.74, 6) is 0. The molecule has 0 heterocycles. The van der Waals surface area contributed by atoms with E-state index in [1.165, 1.54) is 12.5 Å². The Labute approximate surface area is 48.7 Å². The monoisotopic (exact) mass is 127 g/mol. The zero-order valence-electron chi connectivity index (χ0n) is 4.21. The van der Waals surface area contributed by atoms with E-state index in [2.05, 4.69) is 8.85 Å². The Bertz CT molecular complexity index is 119. The topological polar surface area (TPSA) is 66.0 Å². The summed E-state index contributed by atoms with van der Waals surface area (Å²) in [4.78, 5) is 0. The summed E-state index contributed by atoms with van der Waals surface area (Å²) in [6, 6.07) is 0. The summed E-state index contributed by atoms with van der Waals surface area (Å²) in [7, 11) is -1.61. The number of rotatable bonds is 2. The summed E-state index contributed by atoms with van der Waals surface area (Å²) in [5, 5.41) is 15.7. The van der Waals surface area contributed by atoms with Gasteiger partial charge >= 0.3 is 9.28 Å². The average molecular weight is 127 g/mol. The highest BCUT2D eigenvalue weighted by Gasteiger charge is 2.08. The van der Waals surface area contributed by atoms with Crippen molar-refractivity contribution in [2.75, 3.05) is 0 Å². The Hall–Kier alpha value is -1.20. The molecule has 41 valence electrons. The van der Waals surface area contributed by atoms with Crippen LogP contribution in [0, 0.1) is 23.0 Å². The van der Waals surface area contributed by atoms with E-state index in [-0.39, 0.29) is 0 Å². The van der Waals surface area contributed by atoms with Crippen LogP contribution in [0.3, 0.4) is 0 Å². The zero-order chi connectivity index (χ0) is 6.41. The third-order valence-electron chi connectivity index (χ3n) is 0.379. The molecule has 0 saturated heterocycles. The minimum atomic E-state index is -1.61. The molecule has 0 atom stereocenters. The Morgan fingerprint density at radius 3 is 1.88 bits per heavy atom. The summed E-state index contributed by atoms with van der Waals surface area (Å²) < 4.78 is 8.49. The van der Waals surface area contributed by atoms with Gasteiger partial charge in [0.25, 0.3) is 12.5 Å². The van der Waals surface area contributed by atoms with Crippen LogP contribution in [-0.4, -0.2) is 9.28 Å². The van der Waals surface area contributed by atoms with Gasteiger partial charge in [0.15, 0.2) is 0 Å². The van der Waals surface area contributed by atoms with E-state index in [4.69, 9.17) is 10.5 Å². The summed E-state index contributed by atoms with van der Waals surface area (Å²) in [6.07, 6.45) is 2.84. The van der Waals surface area contributed by atoms with Crippen LogP contribution in [0.2, 0.25) is 6.55 Å². The fourth-order valence-corrected chi connectivity index (χ4v) is 0.448. The smallest absolute Gasteiger partial charge is 0.440 e. The van der Waals surface area contributed by atoms with Crippen LogP contribution in [0.5, 0.6) is 0 Å². The largest absolute Gasteiger partial charge is 0.549 e. The maximum atomic E-state index is 7.83. The molecule has 0 aliphatic heterocycles. The van der Waals surface area contributed by atoms with Crippen molar-refractivity contribution >= 4 is 9.28 Å². The highest BCUT2D eigenvalue weighted by atomic mass is 28.3. The predicted molar refractivity (Wildman–Crippen MR) is 25.0 cm³/mol. The molecule has 0 fully saturated rings. The van der Waals surface area contributed by atoms with Gasteiger partial charge in [-0.1, -0.05) is 0 Å². The van der Waals surface area contributed by atoms with Gasteiger partial charge < -0.3 is 8.85 Å². The average Bonchev–Trinajstić information content (AvgIpc) is 1.68. The van der Waals surface area contributed by atoms with E-state index < -0.39 is 9.28 Å². The number of nitriles is 2. The normalized spacial score (nSPS) is 7.00. The lowest BCUT2D eigenvalue weighted by atomic mass is 11.6. The van der Waals surface area contributed by atoms with Gasteiger partial charge in [0, 0.05) is 6.55 Å². The Morgan fingerprint density at radius 1 is 1.25 bits per heavy atom.